The Morgan fingerprint density at radius 1 is 0.852 bits per heavy atom. The van der Waals surface area contributed by atoms with E-state index in [4.69, 9.17) is 5.73 Å². The number of guanidine groups is 1. The molecule has 0 atom stereocenters. The number of halogens is 1. The number of rotatable bonds is 8. The third-order valence-corrected chi connectivity index (χ3v) is 3.80. The summed E-state index contributed by atoms with van der Waals surface area (Å²) in [5, 5.41) is 11.9. The lowest BCUT2D eigenvalue weighted by atomic mass is 10.1. The summed E-state index contributed by atoms with van der Waals surface area (Å²) in [5.74, 6) is 0.141. The number of nitrogens with two attached hydrogens (primary N) is 1. The topological polar surface area (TPSA) is 75.1 Å². The molecule has 0 aliphatic heterocycles. The molecule has 0 bridgehead atoms. The minimum absolute atomic E-state index is 0. The van der Waals surface area contributed by atoms with Gasteiger partial charge < -0.3 is 5.73 Å². The average Bonchev–Trinajstić information content (AvgIpc) is 2.65. The van der Waals surface area contributed by atoms with Crippen molar-refractivity contribution in [2.75, 3.05) is 0 Å². The van der Waals surface area contributed by atoms with Gasteiger partial charge in [-0.15, -0.1) is 17.5 Å². The second kappa shape index (κ2) is 12.7. The molecule has 0 radical (unpaired) electrons. The largest absolute Gasteiger partial charge is 0.367 e. The van der Waals surface area contributed by atoms with E-state index in [0.717, 1.165) is 36.8 Å². The molecule has 27 heavy (non-hydrogen) atoms. The van der Waals surface area contributed by atoms with Crippen LogP contribution in [0.4, 0.5) is 0 Å². The Labute approximate surface area is 167 Å². The standard InChI is InChI=1S/C21H27N5.ClH/c1-3-5-17-7-11-19(12-8-17)15-23-25-21(22)26-24-16-20-13-9-18(6-4-2)10-14-20;/h7-16H,3-6H2,1-2H3,(H3,22,25,26);1H. The van der Waals surface area contributed by atoms with Crippen molar-refractivity contribution in [2.45, 2.75) is 39.5 Å². The molecule has 0 unspecified atom stereocenters. The Hall–Kier alpha value is -2.66. The Kier molecular flexibility index (Phi) is 10.5. The van der Waals surface area contributed by atoms with Crippen LogP contribution < -0.4 is 11.2 Å². The first kappa shape index (κ1) is 22.4. The van der Waals surface area contributed by atoms with E-state index < -0.39 is 0 Å². The Morgan fingerprint density at radius 3 is 1.81 bits per heavy atom. The lowest BCUT2D eigenvalue weighted by molar-refractivity contribution is 0.922. The van der Waals surface area contributed by atoms with E-state index in [1.807, 2.05) is 24.3 Å². The molecular weight excluding hydrogens is 358 g/mol. The summed E-state index contributed by atoms with van der Waals surface area (Å²) in [6, 6.07) is 16.5. The van der Waals surface area contributed by atoms with Crippen molar-refractivity contribution in [1.29, 1.82) is 0 Å². The molecule has 0 heterocycles. The molecule has 0 aliphatic carbocycles. The van der Waals surface area contributed by atoms with Crippen LogP contribution in [0.5, 0.6) is 0 Å². The first-order valence-corrected chi connectivity index (χ1v) is 9.04. The van der Waals surface area contributed by atoms with E-state index in [2.05, 4.69) is 58.8 Å². The number of nitrogens with one attached hydrogen (secondary N) is 1. The Morgan fingerprint density at radius 2 is 1.33 bits per heavy atom. The molecule has 3 N–H and O–H groups in total. The average molecular weight is 386 g/mol. The summed E-state index contributed by atoms with van der Waals surface area (Å²) in [6.07, 6.45) is 7.84. The zero-order valence-corrected chi connectivity index (χ0v) is 16.7. The number of hydrazone groups is 1. The van der Waals surface area contributed by atoms with Crippen LogP contribution in [0.1, 0.15) is 48.9 Å². The van der Waals surface area contributed by atoms with Crippen LogP contribution >= 0.6 is 12.4 Å². The van der Waals surface area contributed by atoms with Crippen LogP contribution in [0.25, 0.3) is 0 Å². The third kappa shape index (κ3) is 8.51. The van der Waals surface area contributed by atoms with E-state index >= 15 is 0 Å². The van der Waals surface area contributed by atoms with Gasteiger partial charge in [0.1, 0.15) is 0 Å². The molecular formula is C21H28ClN5. The number of hydrogen-bond donors (Lipinski definition) is 2. The van der Waals surface area contributed by atoms with E-state index in [9.17, 15) is 0 Å². The van der Waals surface area contributed by atoms with Gasteiger partial charge in [0.2, 0.25) is 5.96 Å². The molecule has 144 valence electrons. The predicted molar refractivity (Wildman–Crippen MR) is 118 cm³/mol. The van der Waals surface area contributed by atoms with Gasteiger partial charge in [0.25, 0.3) is 0 Å². The molecule has 0 saturated heterocycles. The van der Waals surface area contributed by atoms with Crippen molar-refractivity contribution in [1.82, 2.24) is 5.43 Å². The highest BCUT2D eigenvalue weighted by molar-refractivity contribution is 5.85. The van der Waals surface area contributed by atoms with Crippen LogP contribution in [0, 0.1) is 0 Å². The second-order valence-corrected chi connectivity index (χ2v) is 6.08. The zero-order valence-electron chi connectivity index (χ0n) is 15.9. The second-order valence-electron chi connectivity index (χ2n) is 6.08. The van der Waals surface area contributed by atoms with Gasteiger partial charge in [0.15, 0.2) is 0 Å². The highest BCUT2D eigenvalue weighted by Gasteiger charge is 1.93. The van der Waals surface area contributed by atoms with Crippen LogP contribution in [0.15, 0.2) is 63.8 Å². The van der Waals surface area contributed by atoms with Crippen LogP contribution in [0.2, 0.25) is 0 Å². The van der Waals surface area contributed by atoms with Gasteiger partial charge in [0.05, 0.1) is 12.4 Å². The van der Waals surface area contributed by atoms with Crippen molar-refractivity contribution in [2.24, 2.45) is 21.0 Å². The first-order valence-electron chi connectivity index (χ1n) is 9.04. The first-order chi connectivity index (χ1) is 12.7. The maximum atomic E-state index is 5.74. The lowest BCUT2D eigenvalue weighted by Gasteiger charge is -1.99. The molecule has 2 aromatic rings. The van der Waals surface area contributed by atoms with Gasteiger partial charge >= 0.3 is 0 Å². The molecule has 0 saturated carbocycles. The molecule has 0 aromatic heterocycles. The number of benzene rings is 2. The summed E-state index contributed by atoms with van der Waals surface area (Å²) in [4.78, 5) is 0. The van der Waals surface area contributed by atoms with E-state index in [-0.39, 0.29) is 18.4 Å². The van der Waals surface area contributed by atoms with Crippen LogP contribution in [-0.2, 0) is 12.8 Å². The quantitative estimate of drug-likeness (QED) is 0.404. The highest BCUT2D eigenvalue weighted by atomic mass is 35.5. The monoisotopic (exact) mass is 385 g/mol. The third-order valence-electron chi connectivity index (χ3n) is 3.80. The Balaban J connectivity index is 0.00000364. The van der Waals surface area contributed by atoms with Crippen molar-refractivity contribution < 1.29 is 0 Å². The van der Waals surface area contributed by atoms with Crippen molar-refractivity contribution >= 4 is 30.8 Å². The summed E-state index contributed by atoms with van der Waals surface area (Å²) < 4.78 is 0. The van der Waals surface area contributed by atoms with Gasteiger partial charge in [-0.25, -0.2) is 5.43 Å². The normalized spacial score (nSPS) is 11.7. The molecule has 2 aromatic carbocycles. The van der Waals surface area contributed by atoms with Gasteiger partial charge in [-0.1, -0.05) is 75.2 Å². The molecule has 5 nitrogen and oxygen atoms in total. The SMILES string of the molecule is CCCc1ccc(C=NN=C(N)NN=Cc2ccc(CCC)cc2)cc1.Cl. The smallest absolute Gasteiger partial charge is 0.234 e. The summed E-state index contributed by atoms with van der Waals surface area (Å²) in [6.45, 7) is 4.34. The zero-order chi connectivity index (χ0) is 18.6. The maximum Gasteiger partial charge on any atom is 0.234 e. The van der Waals surface area contributed by atoms with Crippen LogP contribution in [-0.4, -0.2) is 18.4 Å². The molecule has 0 fully saturated rings. The van der Waals surface area contributed by atoms with Crippen molar-refractivity contribution in [3.63, 3.8) is 0 Å². The minimum Gasteiger partial charge on any atom is -0.367 e. The molecule has 6 heteroatoms. The van der Waals surface area contributed by atoms with E-state index in [1.165, 1.54) is 11.1 Å². The Bertz CT molecular complexity index is 749. The fraction of sp³-hybridized carbons (Fsp3) is 0.286. The van der Waals surface area contributed by atoms with Crippen molar-refractivity contribution in [3.05, 3.63) is 70.8 Å². The molecule has 0 amide bonds. The minimum atomic E-state index is 0. The molecule has 0 aliphatic rings. The number of nitrogens with zero attached hydrogens (tertiary/aromatic N) is 3. The van der Waals surface area contributed by atoms with Crippen molar-refractivity contribution in [3.8, 4) is 0 Å². The fourth-order valence-corrected chi connectivity index (χ4v) is 2.47. The maximum absolute atomic E-state index is 5.74. The summed E-state index contributed by atoms with van der Waals surface area (Å²) in [5.41, 5.74) is 13.0. The van der Waals surface area contributed by atoms with Gasteiger partial charge in [-0.2, -0.15) is 10.2 Å². The molecule has 2 rings (SSSR count). The highest BCUT2D eigenvalue weighted by Crippen LogP contribution is 2.06. The number of hydrogen-bond acceptors (Lipinski definition) is 3. The van der Waals surface area contributed by atoms with Crippen LogP contribution in [0.3, 0.4) is 0 Å². The summed E-state index contributed by atoms with van der Waals surface area (Å²) in [7, 11) is 0. The fourth-order valence-electron chi connectivity index (χ4n) is 2.47. The lowest BCUT2D eigenvalue weighted by Crippen LogP contribution is -2.26. The predicted octanol–water partition coefficient (Wildman–Crippen LogP) is 4.29. The molecule has 0 spiro atoms. The number of aryl methyl sites for hydroxylation is 2. The van der Waals surface area contributed by atoms with Gasteiger partial charge in [-0.05, 0) is 35.1 Å². The summed E-state index contributed by atoms with van der Waals surface area (Å²) >= 11 is 0. The van der Waals surface area contributed by atoms with Gasteiger partial charge in [-0.3, -0.25) is 0 Å². The van der Waals surface area contributed by atoms with E-state index in [1.54, 1.807) is 12.4 Å². The van der Waals surface area contributed by atoms with E-state index in [0.29, 0.717) is 0 Å². The van der Waals surface area contributed by atoms with Gasteiger partial charge in [0, 0.05) is 0 Å².